The van der Waals surface area contributed by atoms with Crippen molar-refractivity contribution in [2.24, 2.45) is 5.41 Å². The number of nitrogens with zero attached hydrogens (tertiary/aromatic N) is 1. The standard InChI is InChI=1S/C19H27NO4/c1-3-24-13-12-19(10-4-5-11-19)18(23)20(2)14-15-6-8-16(9-7-15)17(21)22/h6-9H,3-5,10-14H2,1-2H3,(H,21,22). The molecule has 0 aromatic heterocycles. The van der Waals surface area contributed by atoms with E-state index in [2.05, 4.69) is 0 Å². The van der Waals surface area contributed by atoms with Gasteiger partial charge in [-0.1, -0.05) is 25.0 Å². The maximum absolute atomic E-state index is 13.0. The normalized spacial score (nSPS) is 16.1. The minimum Gasteiger partial charge on any atom is -0.478 e. The fourth-order valence-electron chi connectivity index (χ4n) is 3.54. The summed E-state index contributed by atoms with van der Waals surface area (Å²) >= 11 is 0. The number of rotatable bonds is 8. The van der Waals surface area contributed by atoms with Crippen LogP contribution in [0.4, 0.5) is 0 Å². The molecule has 1 aliphatic rings. The number of carboxylic acid groups (broad SMARTS) is 1. The molecule has 5 nitrogen and oxygen atoms in total. The molecule has 5 heteroatoms. The Labute approximate surface area is 143 Å². The van der Waals surface area contributed by atoms with Crippen LogP contribution >= 0.6 is 0 Å². The molecule has 0 spiro atoms. The van der Waals surface area contributed by atoms with Crippen molar-refractivity contribution >= 4 is 11.9 Å². The lowest BCUT2D eigenvalue weighted by Crippen LogP contribution is -2.41. The smallest absolute Gasteiger partial charge is 0.335 e. The van der Waals surface area contributed by atoms with Crippen LogP contribution in [-0.4, -0.2) is 42.1 Å². The van der Waals surface area contributed by atoms with Gasteiger partial charge in [-0.2, -0.15) is 0 Å². The first-order chi connectivity index (χ1) is 11.5. The van der Waals surface area contributed by atoms with Crippen LogP contribution in [0.3, 0.4) is 0 Å². The molecule has 1 saturated carbocycles. The summed E-state index contributed by atoms with van der Waals surface area (Å²) in [5.41, 5.74) is 0.913. The van der Waals surface area contributed by atoms with Crippen molar-refractivity contribution < 1.29 is 19.4 Å². The molecule has 1 amide bonds. The van der Waals surface area contributed by atoms with Gasteiger partial charge in [0.25, 0.3) is 0 Å². The topological polar surface area (TPSA) is 66.8 Å². The van der Waals surface area contributed by atoms with E-state index in [4.69, 9.17) is 9.84 Å². The molecule has 0 radical (unpaired) electrons. The third kappa shape index (κ3) is 4.35. The van der Waals surface area contributed by atoms with Gasteiger partial charge < -0.3 is 14.7 Å². The van der Waals surface area contributed by atoms with Gasteiger partial charge in [-0.05, 0) is 43.9 Å². The monoisotopic (exact) mass is 333 g/mol. The maximum Gasteiger partial charge on any atom is 0.335 e. The molecule has 0 aliphatic heterocycles. The number of carbonyl (C=O) groups excluding carboxylic acids is 1. The van der Waals surface area contributed by atoms with E-state index in [1.165, 1.54) is 0 Å². The van der Waals surface area contributed by atoms with Gasteiger partial charge >= 0.3 is 5.97 Å². The highest BCUT2D eigenvalue weighted by Crippen LogP contribution is 2.42. The average molecular weight is 333 g/mol. The van der Waals surface area contributed by atoms with Crippen LogP contribution in [0.1, 0.15) is 54.9 Å². The van der Waals surface area contributed by atoms with E-state index >= 15 is 0 Å². The van der Waals surface area contributed by atoms with Gasteiger partial charge in [0.1, 0.15) is 0 Å². The fraction of sp³-hybridized carbons (Fsp3) is 0.579. The SMILES string of the molecule is CCOCCC1(C(=O)N(C)Cc2ccc(C(=O)O)cc2)CCCC1. The summed E-state index contributed by atoms with van der Waals surface area (Å²) in [5.74, 6) is -0.756. The Kier molecular flexibility index (Phi) is 6.37. The third-order valence-corrected chi connectivity index (χ3v) is 4.91. The molecule has 1 fully saturated rings. The molecule has 1 aromatic rings. The summed E-state index contributed by atoms with van der Waals surface area (Å²) in [7, 11) is 1.83. The molecule has 0 bridgehead atoms. The molecule has 1 N–H and O–H groups in total. The van der Waals surface area contributed by atoms with Crippen LogP contribution < -0.4 is 0 Å². The molecule has 2 rings (SSSR count). The summed E-state index contributed by atoms with van der Waals surface area (Å²) in [4.78, 5) is 25.7. The second-order valence-electron chi connectivity index (χ2n) is 6.60. The van der Waals surface area contributed by atoms with Crippen molar-refractivity contribution in [2.45, 2.75) is 45.6 Å². The lowest BCUT2D eigenvalue weighted by atomic mass is 9.81. The Morgan fingerprint density at radius 1 is 1.21 bits per heavy atom. The van der Waals surface area contributed by atoms with E-state index in [0.717, 1.165) is 37.7 Å². The second-order valence-corrected chi connectivity index (χ2v) is 6.60. The van der Waals surface area contributed by atoms with Gasteiger partial charge in [0, 0.05) is 26.8 Å². The van der Waals surface area contributed by atoms with Crippen LogP contribution in [-0.2, 0) is 16.1 Å². The van der Waals surface area contributed by atoms with E-state index in [1.54, 1.807) is 29.2 Å². The highest BCUT2D eigenvalue weighted by molar-refractivity contribution is 5.87. The lowest BCUT2D eigenvalue weighted by molar-refractivity contribution is -0.142. The van der Waals surface area contributed by atoms with Gasteiger partial charge in [0.05, 0.1) is 11.0 Å². The molecular formula is C19H27NO4. The lowest BCUT2D eigenvalue weighted by Gasteiger charge is -2.32. The number of aromatic carboxylic acids is 1. The Balaban J connectivity index is 2.02. The number of ether oxygens (including phenoxy) is 1. The van der Waals surface area contributed by atoms with Gasteiger partial charge in [-0.3, -0.25) is 4.79 Å². The number of hydrogen-bond acceptors (Lipinski definition) is 3. The first kappa shape index (κ1) is 18.5. The van der Waals surface area contributed by atoms with Crippen LogP contribution in [0.15, 0.2) is 24.3 Å². The van der Waals surface area contributed by atoms with Crippen LogP contribution in [0, 0.1) is 5.41 Å². The predicted octanol–water partition coefficient (Wildman–Crippen LogP) is 3.33. The van der Waals surface area contributed by atoms with E-state index in [-0.39, 0.29) is 16.9 Å². The molecule has 24 heavy (non-hydrogen) atoms. The zero-order valence-electron chi connectivity index (χ0n) is 14.6. The largest absolute Gasteiger partial charge is 0.478 e. The molecule has 0 atom stereocenters. The quantitative estimate of drug-likeness (QED) is 0.741. The molecule has 0 heterocycles. The van der Waals surface area contributed by atoms with E-state index in [9.17, 15) is 9.59 Å². The minimum absolute atomic E-state index is 0.182. The van der Waals surface area contributed by atoms with Gasteiger partial charge in [0.2, 0.25) is 5.91 Å². The summed E-state index contributed by atoms with van der Waals surface area (Å²) < 4.78 is 5.48. The second kappa shape index (κ2) is 8.29. The predicted molar refractivity (Wildman–Crippen MR) is 91.9 cm³/mol. The van der Waals surface area contributed by atoms with Crippen molar-refractivity contribution in [2.75, 3.05) is 20.3 Å². The number of hydrogen-bond donors (Lipinski definition) is 1. The Hall–Kier alpha value is -1.88. The summed E-state index contributed by atoms with van der Waals surface area (Å²) in [6.07, 6.45) is 4.84. The zero-order chi connectivity index (χ0) is 17.6. The highest BCUT2D eigenvalue weighted by Gasteiger charge is 2.42. The van der Waals surface area contributed by atoms with Crippen molar-refractivity contribution in [1.82, 2.24) is 4.90 Å². The van der Waals surface area contributed by atoms with Crippen LogP contribution in [0.2, 0.25) is 0 Å². The number of carboxylic acids is 1. The van der Waals surface area contributed by atoms with Crippen molar-refractivity contribution in [3.63, 3.8) is 0 Å². The van der Waals surface area contributed by atoms with Crippen LogP contribution in [0.25, 0.3) is 0 Å². The molecule has 0 saturated heterocycles. The van der Waals surface area contributed by atoms with E-state index in [1.807, 2.05) is 14.0 Å². The Morgan fingerprint density at radius 3 is 2.38 bits per heavy atom. The average Bonchev–Trinajstić information content (AvgIpc) is 3.05. The first-order valence-corrected chi connectivity index (χ1v) is 8.64. The number of amides is 1. The minimum atomic E-state index is -0.938. The van der Waals surface area contributed by atoms with Crippen molar-refractivity contribution in [3.8, 4) is 0 Å². The van der Waals surface area contributed by atoms with E-state index in [0.29, 0.717) is 19.8 Å². The molecule has 0 unspecified atom stereocenters. The zero-order valence-corrected chi connectivity index (χ0v) is 14.6. The maximum atomic E-state index is 13.0. The summed E-state index contributed by atoms with van der Waals surface area (Å²) in [6, 6.07) is 6.70. The fourth-order valence-corrected chi connectivity index (χ4v) is 3.54. The molecule has 132 valence electrons. The van der Waals surface area contributed by atoms with Crippen molar-refractivity contribution in [3.05, 3.63) is 35.4 Å². The summed E-state index contributed by atoms with van der Waals surface area (Å²) in [5, 5.41) is 8.95. The first-order valence-electron chi connectivity index (χ1n) is 8.64. The Morgan fingerprint density at radius 2 is 1.83 bits per heavy atom. The van der Waals surface area contributed by atoms with Crippen molar-refractivity contribution in [1.29, 1.82) is 0 Å². The third-order valence-electron chi connectivity index (χ3n) is 4.91. The Bertz CT molecular complexity index is 561. The van der Waals surface area contributed by atoms with Gasteiger partial charge in [-0.25, -0.2) is 4.79 Å². The van der Waals surface area contributed by atoms with Crippen LogP contribution in [0.5, 0.6) is 0 Å². The molecule has 1 aliphatic carbocycles. The molecule has 1 aromatic carbocycles. The number of carbonyl (C=O) groups is 2. The number of benzene rings is 1. The molecular weight excluding hydrogens is 306 g/mol. The van der Waals surface area contributed by atoms with Gasteiger partial charge in [-0.15, -0.1) is 0 Å². The van der Waals surface area contributed by atoms with Gasteiger partial charge in [0.15, 0.2) is 0 Å². The summed E-state index contributed by atoms with van der Waals surface area (Å²) in [6.45, 7) is 3.77. The van der Waals surface area contributed by atoms with E-state index < -0.39 is 5.97 Å². The highest BCUT2D eigenvalue weighted by atomic mass is 16.5.